The maximum atomic E-state index is 5.31. The molecular weight excluding hydrogens is 126 g/mol. The highest BCUT2D eigenvalue weighted by molar-refractivity contribution is 5.85. The van der Waals surface area contributed by atoms with Gasteiger partial charge in [0.2, 0.25) is 0 Å². The number of fused-ring (bicyclic) bond motifs is 2. The summed E-state index contributed by atoms with van der Waals surface area (Å²) in [6.07, 6.45) is 2.44. The number of piperidine rings is 1. The molecule has 0 aromatic heterocycles. The SMILES string of the molecule is C1NCC2CC1O2.Cl. The average Bonchev–Trinajstić information content (AvgIpc) is 1.67. The quantitative estimate of drug-likeness (QED) is 0.511. The topological polar surface area (TPSA) is 21.3 Å². The van der Waals surface area contributed by atoms with Crippen LogP contribution in [0.5, 0.6) is 0 Å². The zero-order valence-corrected chi connectivity index (χ0v) is 5.41. The third kappa shape index (κ3) is 0.835. The fraction of sp³-hybridized carbons (Fsp3) is 1.00. The van der Waals surface area contributed by atoms with Gasteiger partial charge in [-0.05, 0) is 0 Å². The van der Waals surface area contributed by atoms with E-state index in [9.17, 15) is 0 Å². The Hall–Kier alpha value is 0.210. The van der Waals surface area contributed by atoms with E-state index in [1.165, 1.54) is 6.42 Å². The molecule has 0 radical (unpaired) electrons. The van der Waals surface area contributed by atoms with Gasteiger partial charge in [0, 0.05) is 19.5 Å². The van der Waals surface area contributed by atoms with Crippen molar-refractivity contribution in [1.82, 2.24) is 5.32 Å². The number of nitrogens with one attached hydrogen (secondary N) is 1. The summed E-state index contributed by atoms with van der Waals surface area (Å²) < 4.78 is 5.31. The van der Waals surface area contributed by atoms with E-state index in [0.717, 1.165) is 13.1 Å². The van der Waals surface area contributed by atoms with Crippen LogP contribution >= 0.6 is 12.4 Å². The van der Waals surface area contributed by atoms with Crippen molar-refractivity contribution in [1.29, 1.82) is 0 Å². The van der Waals surface area contributed by atoms with Crippen LogP contribution in [0.3, 0.4) is 0 Å². The van der Waals surface area contributed by atoms with Crippen molar-refractivity contribution in [2.75, 3.05) is 13.1 Å². The van der Waals surface area contributed by atoms with Crippen molar-refractivity contribution < 1.29 is 4.74 Å². The van der Waals surface area contributed by atoms with Gasteiger partial charge in [0.25, 0.3) is 0 Å². The van der Waals surface area contributed by atoms with Crippen LogP contribution in [-0.4, -0.2) is 25.3 Å². The molecule has 3 aliphatic heterocycles. The molecule has 0 aromatic carbocycles. The Bertz CT molecular complexity index is 69.0. The second kappa shape index (κ2) is 2.21. The Kier molecular flexibility index (Phi) is 1.75. The van der Waals surface area contributed by atoms with E-state index in [4.69, 9.17) is 4.74 Å². The van der Waals surface area contributed by atoms with E-state index in [1.807, 2.05) is 0 Å². The van der Waals surface area contributed by atoms with Gasteiger partial charge in [-0.1, -0.05) is 0 Å². The molecule has 0 aromatic rings. The first-order chi connectivity index (χ1) is 3.45. The molecule has 2 nitrogen and oxygen atoms in total. The molecule has 0 aliphatic carbocycles. The minimum absolute atomic E-state index is 0. The number of halogens is 1. The number of morpholine rings is 1. The lowest BCUT2D eigenvalue weighted by molar-refractivity contribution is -0.143. The predicted molar refractivity (Wildman–Crippen MR) is 33.4 cm³/mol. The molecule has 3 heteroatoms. The van der Waals surface area contributed by atoms with Crippen LogP contribution in [0, 0.1) is 0 Å². The van der Waals surface area contributed by atoms with Crippen molar-refractivity contribution in [2.24, 2.45) is 0 Å². The molecule has 48 valence electrons. The van der Waals surface area contributed by atoms with Crippen LogP contribution in [0.25, 0.3) is 0 Å². The van der Waals surface area contributed by atoms with Gasteiger partial charge in [-0.2, -0.15) is 0 Å². The highest BCUT2D eigenvalue weighted by Crippen LogP contribution is 2.22. The first-order valence-corrected chi connectivity index (χ1v) is 2.81. The van der Waals surface area contributed by atoms with Crippen LogP contribution in [-0.2, 0) is 4.74 Å². The van der Waals surface area contributed by atoms with Crippen molar-refractivity contribution in [3.8, 4) is 0 Å². The zero-order chi connectivity index (χ0) is 4.69. The third-order valence-electron chi connectivity index (χ3n) is 1.65. The average molecular weight is 136 g/mol. The molecule has 3 aliphatic rings. The van der Waals surface area contributed by atoms with Gasteiger partial charge in [-0.3, -0.25) is 0 Å². The lowest BCUT2D eigenvalue weighted by Crippen LogP contribution is -2.55. The molecule has 0 spiro atoms. The number of hydrogen-bond donors (Lipinski definition) is 1. The van der Waals surface area contributed by atoms with Crippen LogP contribution < -0.4 is 5.32 Å². The van der Waals surface area contributed by atoms with Crippen LogP contribution in [0.2, 0.25) is 0 Å². The molecule has 2 bridgehead atoms. The van der Waals surface area contributed by atoms with Crippen LogP contribution in [0.1, 0.15) is 6.42 Å². The van der Waals surface area contributed by atoms with Crippen LogP contribution in [0.15, 0.2) is 0 Å². The molecule has 8 heavy (non-hydrogen) atoms. The highest BCUT2D eigenvalue weighted by Gasteiger charge is 2.33. The summed E-state index contributed by atoms with van der Waals surface area (Å²) in [6, 6.07) is 0. The Labute approximate surface area is 55.0 Å². The van der Waals surface area contributed by atoms with Crippen molar-refractivity contribution >= 4 is 12.4 Å². The lowest BCUT2D eigenvalue weighted by Gasteiger charge is -2.41. The fourth-order valence-electron chi connectivity index (χ4n) is 1.22. The largest absolute Gasteiger partial charge is 0.372 e. The number of hydrogen-bond acceptors (Lipinski definition) is 2. The normalized spacial score (nSPS) is 42.0. The van der Waals surface area contributed by atoms with Gasteiger partial charge in [0.05, 0.1) is 12.2 Å². The van der Waals surface area contributed by atoms with E-state index in [0.29, 0.717) is 12.2 Å². The van der Waals surface area contributed by atoms with Crippen molar-refractivity contribution in [3.05, 3.63) is 0 Å². The first-order valence-electron chi connectivity index (χ1n) is 2.81. The van der Waals surface area contributed by atoms with Gasteiger partial charge in [0.15, 0.2) is 0 Å². The summed E-state index contributed by atoms with van der Waals surface area (Å²) in [6.45, 7) is 2.16. The lowest BCUT2D eigenvalue weighted by atomic mass is 10.0. The summed E-state index contributed by atoms with van der Waals surface area (Å²) in [5, 5.41) is 3.26. The molecule has 0 saturated carbocycles. The van der Waals surface area contributed by atoms with E-state index in [2.05, 4.69) is 5.32 Å². The molecule has 3 saturated heterocycles. The predicted octanol–water partition coefficient (Wildman–Crippen LogP) is 0.169. The Morgan fingerprint density at radius 2 is 1.75 bits per heavy atom. The summed E-state index contributed by atoms with van der Waals surface area (Å²) in [5.41, 5.74) is 0. The smallest absolute Gasteiger partial charge is 0.0729 e. The molecule has 3 rings (SSSR count). The summed E-state index contributed by atoms with van der Waals surface area (Å²) >= 11 is 0. The second-order valence-electron chi connectivity index (χ2n) is 2.27. The minimum atomic E-state index is 0. The molecule has 0 amide bonds. The second-order valence-corrected chi connectivity index (χ2v) is 2.27. The van der Waals surface area contributed by atoms with Gasteiger partial charge < -0.3 is 10.1 Å². The highest BCUT2D eigenvalue weighted by atomic mass is 35.5. The van der Waals surface area contributed by atoms with Crippen molar-refractivity contribution in [3.63, 3.8) is 0 Å². The van der Waals surface area contributed by atoms with Gasteiger partial charge >= 0.3 is 0 Å². The minimum Gasteiger partial charge on any atom is -0.372 e. The Morgan fingerprint density at radius 1 is 1.25 bits per heavy atom. The molecular formula is C5H10ClNO. The molecule has 1 N–H and O–H groups in total. The zero-order valence-electron chi connectivity index (χ0n) is 4.59. The van der Waals surface area contributed by atoms with Gasteiger partial charge in [-0.25, -0.2) is 0 Å². The maximum Gasteiger partial charge on any atom is 0.0729 e. The van der Waals surface area contributed by atoms with E-state index in [-0.39, 0.29) is 12.4 Å². The molecule has 2 unspecified atom stereocenters. The van der Waals surface area contributed by atoms with E-state index >= 15 is 0 Å². The van der Waals surface area contributed by atoms with Gasteiger partial charge in [-0.15, -0.1) is 12.4 Å². The Morgan fingerprint density at radius 3 is 1.88 bits per heavy atom. The molecule has 3 heterocycles. The standard InChI is InChI=1S/C5H9NO.ClH/c1-4-2-6-3-5(1)7-4;/h4-6H,1-3H2;1H. The summed E-state index contributed by atoms with van der Waals surface area (Å²) in [5.74, 6) is 0. The van der Waals surface area contributed by atoms with Crippen molar-refractivity contribution in [2.45, 2.75) is 18.6 Å². The summed E-state index contributed by atoms with van der Waals surface area (Å²) in [4.78, 5) is 0. The van der Waals surface area contributed by atoms with E-state index < -0.39 is 0 Å². The molecule has 3 fully saturated rings. The first kappa shape index (κ1) is 6.33. The van der Waals surface area contributed by atoms with Gasteiger partial charge in [0.1, 0.15) is 0 Å². The number of ether oxygens (including phenoxy) is 1. The monoisotopic (exact) mass is 135 g/mol. The summed E-state index contributed by atoms with van der Waals surface area (Å²) in [7, 11) is 0. The number of rotatable bonds is 0. The van der Waals surface area contributed by atoms with Crippen LogP contribution in [0.4, 0.5) is 0 Å². The Balaban J connectivity index is 0.000000320. The fourth-order valence-corrected chi connectivity index (χ4v) is 1.22. The maximum absolute atomic E-state index is 5.31. The van der Waals surface area contributed by atoms with E-state index in [1.54, 1.807) is 0 Å². The molecule has 2 atom stereocenters. The third-order valence-corrected chi connectivity index (χ3v) is 1.65.